The van der Waals surface area contributed by atoms with Crippen molar-refractivity contribution in [2.45, 2.75) is 65.1 Å². The quantitative estimate of drug-likeness (QED) is 0.624. The topological polar surface area (TPSA) is 46.2 Å². The second-order valence-corrected chi connectivity index (χ2v) is 9.07. The molecule has 0 unspecified atom stereocenters. The van der Waals surface area contributed by atoms with Gasteiger partial charge in [0.15, 0.2) is 0 Å². The molecule has 0 heterocycles. The molecule has 0 bridgehead atoms. The molecule has 0 saturated carbocycles. The van der Waals surface area contributed by atoms with E-state index in [9.17, 15) is 0 Å². The van der Waals surface area contributed by atoms with E-state index in [2.05, 4.69) is 0 Å². The first-order valence-electron chi connectivity index (χ1n) is 3.86. The van der Waals surface area contributed by atoms with Crippen LogP contribution in [0.3, 0.4) is 0 Å². The Morgan fingerprint density at radius 1 is 0.500 bits per heavy atom. The molecule has 0 atom stereocenters. The fourth-order valence-electron chi connectivity index (χ4n) is 0.718. The van der Waals surface area contributed by atoms with Crippen LogP contribution in [0.15, 0.2) is 0 Å². The highest BCUT2D eigenvalue weighted by molar-refractivity contribution is 6.74. The van der Waals surface area contributed by atoms with E-state index in [0.717, 1.165) is 0 Å². The minimum Gasteiger partial charge on any atom is -0.398 e. The Labute approximate surface area is 133 Å². The van der Waals surface area contributed by atoms with Crippen LogP contribution in [0.5, 0.6) is 0 Å². The zero-order valence-electron chi connectivity index (χ0n) is 9.04. The summed E-state index contributed by atoms with van der Waals surface area (Å²) in [7, 11) is 0.976. The van der Waals surface area contributed by atoms with Gasteiger partial charge < -0.3 is 21.8 Å². The fourth-order valence-corrected chi connectivity index (χ4v) is 4.96. The van der Waals surface area contributed by atoms with Crippen LogP contribution in [0.4, 0.5) is 0 Å². The molecule has 0 aromatic carbocycles. The summed E-state index contributed by atoms with van der Waals surface area (Å²) >= 11 is 0. The van der Waals surface area contributed by atoms with Crippen LogP contribution in [0, 0.1) is 0 Å². The van der Waals surface area contributed by atoms with Gasteiger partial charge in [0.2, 0.25) is 0 Å². The van der Waals surface area contributed by atoms with E-state index in [1.54, 1.807) is 7.11 Å². The third-order valence-electron chi connectivity index (χ3n) is 1.61. The van der Waals surface area contributed by atoms with Gasteiger partial charge in [0, 0.05) is 28.4 Å². The molecule has 0 rings (SSSR count). The van der Waals surface area contributed by atoms with Crippen molar-refractivity contribution in [2.24, 2.45) is 0 Å². The van der Waals surface area contributed by atoms with E-state index in [1.165, 1.54) is 21.3 Å². The second kappa shape index (κ2) is 21.5. The van der Waals surface area contributed by atoms with E-state index in [0.29, 0.717) is 0 Å². The summed E-state index contributed by atoms with van der Waals surface area (Å²) < 4.78 is 26.1. The first-order valence-corrected chi connectivity index (χ1v) is 8.31. The normalized spacial score (nSPS) is 8.70. The number of hydrogen-bond donors (Lipinski definition) is 0. The molecule has 20 heavy (non-hydrogen) atoms. The number of hydrogen-bond acceptors (Lipinski definition) is 5. The van der Waals surface area contributed by atoms with E-state index in [4.69, 9.17) is 21.8 Å². The lowest BCUT2D eigenvalue weighted by Gasteiger charge is -2.30. The zero-order chi connectivity index (χ0) is 10.5. The van der Waals surface area contributed by atoms with Gasteiger partial charge in [-0.25, -0.2) is 0 Å². The molecule has 5 nitrogen and oxygen atoms in total. The molecule has 0 aromatic heterocycles. The SMILES string of the molecule is C.C.C.C.C.C.C.CO[Si](C)(C)O[Si](OC)(OC)OC. The molecule has 7 heteroatoms. The standard InChI is InChI=1S/C6H18O5Si2.7CH4/c1-7-12(5,6)11-13(8-2,9-3)10-4;;;;;;;/h1-6H3;7*1H4. The van der Waals surface area contributed by atoms with Crippen molar-refractivity contribution in [3.8, 4) is 0 Å². The summed E-state index contributed by atoms with van der Waals surface area (Å²) in [5, 5.41) is 0. The van der Waals surface area contributed by atoms with Crippen molar-refractivity contribution in [1.82, 2.24) is 0 Å². The minimum atomic E-state index is -2.94. The maximum absolute atomic E-state index is 5.61. The zero-order valence-corrected chi connectivity index (χ0v) is 11.0. The van der Waals surface area contributed by atoms with Crippen LogP contribution in [0.1, 0.15) is 52.0 Å². The van der Waals surface area contributed by atoms with Crippen LogP contribution in [0.2, 0.25) is 13.1 Å². The van der Waals surface area contributed by atoms with Crippen LogP contribution < -0.4 is 0 Å². The van der Waals surface area contributed by atoms with Crippen LogP contribution in [-0.4, -0.2) is 46.0 Å². The van der Waals surface area contributed by atoms with Gasteiger partial charge in [-0.1, -0.05) is 52.0 Å². The Kier molecular flexibility index (Phi) is 53.8. The van der Waals surface area contributed by atoms with Gasteiger partial charge in [0.1, 0.15) is 0 Å². The average Bonchev–Trinajstić information content (AvgIpc) is 2.14. The van der Waals surface area contributed by atoms with Gasteiger partial charge in [-0.15, -0.1) is 0 Å². The molecule has 136 valence electrons. The first kappa shape index (κ1) is 50.0. The van der Waals surface area contributed by atoms with Crippen molar-refractivity contribution in [2.75, 3.05) is 28.4 Å². The lowest BCUT2D eigenvalue weighted by Crippen LogP contribution is -2.54. The summed E-state index contributed by atoms with van der Waals surface area (Å²) in [6, 6.07) is 0. The highest BCUT2D eigenvalue weighted by Gasteiger charge is 2.48. The Balaban J connectivity index is -0.0000000343. The summed E-state index contributed by atoms with van der Waals surface area (Å²) in [6.07, 6.45) is 0. The molecule has 0 aliphatic rings. The van der Waals surface area contributed by atoms with Crippen LogP contribution in [-0.2, 0) is 21.8 Å². The molecule has 0 aliphatic carbocycles. The monoisotopic (exact) mass is 338 g/mol. The van der Waals surface area contributed by atoms with E-state index in [1.807, 2.05) is 13.1 Å². The van der Waals surface area contributed by atoms with Crippen molar-refractivity contribution in [1.29, 1.82) is 0 Å². The molecule has 0 amide bonds. The molecule has 0 aromatic rings. The van der Waals surface area contributed by atoms with Crippen molar-refractivity contribution in [3.63, 3.8) is 0 Å². The Morgan fingerprint density at radius 3 is 0.900 bits per heavy atom. The predicted octanol–water partition coefficient (Wildman–Crippen LogP) is 5.18. The Bertz CT molecular complexity index is 145. The first-order chi connectivity index (χ1) is 5.95. The molecule has 0 saturated heterocycles. The second-order valence-electron chi connectivity index (χ2n) is 2.82. The Hall–Kier alpha value is 0.234. The van der Waals surface area contributed by atoms with Gasteiger partial charge in [-0.3, -0.25) is 0 Å². The van der Waals surface area contributed by atoms with Crippen LogP contribution >= 0.6 is 0 Å². The van der Waals surface area contributed by atoms with Crippen LogP contribution in [0.25, 0.3) is 0 Å². The fraction of sp³-hybridized carbons (Fsp3) is 1.00. The smallest absolute Gasteiger partial charge is 0.398 e. The molecule has 0 fully saturated rings. The average molecular weight is 339 g/mol. The Morgan fingerprint density at radius 2 is 0.750 bits per heavy atom. The van der Waals surface area contributed by atoms with E-state index < -0.39 is 17.6 Å². The lowest BCUT2D eigenvalue weighted by molar-refractivity contribution is 0.0379. The van der Waals surface area contributed by atoms with Crippen molar-refractivity contribution in [3.05, 3.63) is 0 Å². The minimum absolute atomic E-state index is 0. The summed E-state index contributed by atoms with van der Waals surface area (Å²) in [4.78, 5) is 0. The summed E-state index contributed by atoms with van der Waals surface area (Å²) in [5.74, 6) is 0. The lowest BCUT2D eigenvalue weighted by atomic mass is 11.8. The molecule has 0 spiro atoms. The van der Waals surface area contributed by atoms with Gasteiger partial charge >= 0.3 is 17.6 Å². The molecule has 0 aliphatic heterocycles. The highest BCUT2D eigenvalue weighted by atomic mass is 28.5. The van der Waals surface area contributed by atoms with Gasteiger partial charge in [-0.2, -0.15) is 0 Å². The summed E-state index contributed by atoms with van der Waals surface area (Å²) in [6.45, 7) is 3.79. The largest absolute Gasteiger partial charge is 0.669 e. The van der Waals surface area contributed by atoms with Gasteiger partial charge in [0.25, 0.3) is 0 Å². The molecule has 0 N–H and O–H groups in total. The molecular formula is C13H46O5Si2. The predicted molar refractivity (Wildman–Crippen MR) is 99.5 cm³/mol. The summed E-state index contributed by atoms with van der Waals surface area (Å²) in [5.41, 5.74) is 0. The van der Waals surface area contributed by atoms with Crippen molar-refractivity contribution < 1.29 is 21.8 Å². The maximum atomic E-state index is 5.61. The third kappa shape index (κ3) is 16.3. The van der Waals surface area contributed by atoms with E-state index in [-0.39, 0.29) is 52.0 Å². The molecular weight excluding hydrogens is 292 g/mol. The molecule has 0 radical (unpaired) electrons. The van der Waals surface area contributed by atoms with E-state index >= 15 is 0 Å². The number of rotatable bonds is 6. The highest BCUT2D eigenvalue weighted by Crippen LogP contribution is 2.16. The van der Waals surface area contributed by atoms with Gasteiger partial charge in [0.05, 0.1) is 0 Å². The third-order valence-corrected chi connectivity index (χ3v) is 7.06. The maximum Gasteiger partial charge on any atom is 0.669 e. The van der Waals surface area contributed by atoms with Crippen molar-refractivity contribution >= 4 is 17.6 Å². The van der Waals surface area contributed by atoms with Gasteiger partial charge in [-0.05, 0) is 13.1 Å².